The molecule has 0 aromatic heterocycles. The molecule has 0 saturated carbocycles. The van der Waals surface area contributed by atoms with Crippen LogP contribution in [0.4, 0.5) is 0 Å². The standard InChI is InChI=1S/C13H14ClNO6S/c14-10-5-8(13(17)18)1-2-11(10)21-6-12(16)15-9-3-4-22(19,20)7-9/h1-2,5,9H,3-4,6-7H2,(H,15,16)(H,17,18). The molecule has 0 spiro atoms. The number of ether oxygens (including phenoxy) is 1. The molecule has 1 saturated heterocycles. The summed E-state index contributed by atoms with van der Waals surface area (Å²) < 4.78 is 27.8. The van der Waals surface area contributed by atoms with Crippen molar-refractivity contribution < 1.29 is 27.9 Å². The minimum Gasteiger partial charge on any atom is -0.482 e. The summed E-state index contributed by atoms with van der Waals surface area (Å²) in [7, 11) is -3.06. The maximum absolute atomic E-state index is 11.7. The number of carbonyl (C=O) groups excluding carboxylic acids is 1. The summed E-state index contributed by atoms with van der Waals surface area (Å²) in [5.41, 5.74) is 0.0120. The second-order valence-electron chi connectivity index (χ2n) is 4.91. The fraction of sp³-hybridized carbons (Fsp3) is 0.385. The Morgan fingerprint density at radius 3 is 2.68 bits per heavy atom. The van der Waals surface area contributed by atoms with Crippen LogP contribution >= 0.6 is 11.6 Å². The summed E-state index contributed by atoms with van der Waals surface area (Å²) >= 11 is 5.87. The van der Waals surface area contributed by atoms with E-state index < -0.39 is 27.8 Å². The first-order valence-corrected chi connectivity index (χ1v) is 8.62. The molecule has 0 radical (unpaired) electrons. The SMILES string of the molecule is O=C(COc1ccc(C(=O)O)cc1Cl)NC1CCS(=O)(=O)C1. The van der Waals surface area contributed by atoms with Crippen molar-refractivity contribution in [1.82, 2.24) is 5.32 Å². The Hall–Kier alpha value is -1.80. The zero-order valence-corrected chi connectivity index (χ0v) is 13.0. The van der Waals surface area contributed by atoms with Crippen molar-refractivity contribution >= 4 is 33.3 Å². The number of rotatable bonds is 5. The smallest absolute Gasteiger partial charge is 0.335 e. The van der Waals surface area contributed by atoms with E-state index in [-0.39, 0.29) is 34.4 Å². The van der Waals surface area contributed by atoms with Gasteiger partial charge in [-0.2, -0.15) is 0 Å². The van der Waals surface area contributed by atoms with Crippen molar-refractivity contribution in [3.8, 4) is 5.75 Å². The van der Waals surface area contributed by atoms with Crippen LogP contribution in [-0.2, 0) is 14.6 Å². The number of carboxylic acids is 1. The number of aromatic carboxylic acids is 1. The molecule has 2 N–H and O–H groups in total. The first-order valence-electron chi connectivity index (χ1n) is 6.42. The Bertz CT molecular complexity index is 702. The average Bonchev–Trinajstić information content (AvgIpc) is 2.76. The second-order valence-corrected chi connectivity index (χ2v) is 7.54. The maximum atomic E-state index is 11.7. The van der Waals surface area contributed by atoms with Crippen molar-refractivity contribution in [2.45, 2.75) is 12.5 Å². The van der Waals surface area contributed by atoms with Crippen molar-refractivity contribution in [2.75, 3.05) is 18.1 Å². The molecule has 1 aromatic rings. The molecule has 0 bridgehead atoms. The van der Waals surface area contributed by atoms with Gasteiger partial charge in [-0.3, -0.25) is 4.79 Å². The first kappa shape index (κ1) is 16.6. The number of hydrogen-bond donors (Lipinski definition) is 2. The van der Waals surface area contributed by atoms with Crippen LogP contribution in [0.25, 0.3) is 0 Å². The molecule has 1 heterocycles. The third-order valence-electron chi connectivity index (χ3n) is 3.14. The molecular formula is C13H14ClNO6S. The molecule has 1 unspecified atom stereocenters. The van der Waals surface area contributed by atoms with Gasteiger partial charge in [-0.15, -0.1) is 0 Å². The van der Waals surface area contributed by atoms with E-state index in [2.05, 4.69) is 5.32 Å². The maximum Gasteiger partial charge on any atom is 0.335 e. The molecule has 1 amide bonds. The summed E-state index contributed by atoms with van der Waals surface area (Å²) in [5.74, 6) is -1.39. The van der Waals surface area contributed by atoms with E-state index >= 15 is 0 Å². The van der Waals surface area contributed by atoms with Crippen LogP contribution in [0.15, 0.2) is 18.2 Å². The molecule has 9 heteroatoms. The summed E-state index contributed by atoms with van der Waals surface area (Å²) in [5, 5.41) is 11.5. The minimum atomic E-state index is -3.06. The van der Waals surface area contributed by atoms with E-state index in [4.69, 9.17) is 21.4 Å². The predicted octanol–water partition coefficient (Wildman–Crippen LogP) is 0.720. The minimum absolute atomic E-state index is 0.0120. The lowest BCUT2D eigenvalue weighted by atomic mass is 10.2. The topological polar surface area (TPSA) is 110 Å². The number of carboxylic acid groups (broad SMARTS) is 1. The van der Waals surface area contributed by atoms with Crippen molar-refractivity contribution in [2.24, 2.45) is 0 Å². The van der Waals surface area contributed by atoms with Crippen LogP contribution in [0.3, 0.4) is 0 Å². The zero-order valence-electron chi connectivity index (χ0n) is 11.4. The number of carbonyl (C=O) groups is 2. The lowest BCUT2D eigenvalue weighted by molar-refractivity contribution is -0.123. The van der Waals surface area contributed by atoms with Gasteiger partial charge in [0.2, 0.25) is 0 Å². The highest BCUT2D eigenvalue weighted by molar-refractivity contribution is 7.91. The molecule has 22 heavy (non-hydrogen) atoms. The van der Waals surface area contributed by atoms with E-state index in [1.54, 1.807) is 0 Å². The van der Waals surface area contributed by atoms with Crippen LogP contribution in [0.5, 0.6) is 5.75 Å². The van der Waals surface area contributed by atoms with Gasteiger partial charge in [0.1, 0.15) is 5.75 Å². The van der Waals surface area contributed by atoms with E-state index in [1.807, 2.05) is 0 Å². The molecule has 1 aliphatic rings. The predicted molar refractivity (Wildman–Crippen MR) is 79.1 cm³/mol. The molecular weight excluding hydrogens is 334 g/mol. The number of sulfone groups is 1. The van der Waals surface area contributed by atoms with Crippen molar-refractivity contribution in [3.63, 3.8) is 0 Å². The Morgan fingerprint density at radius 1 is 1.41 bits per heavy atom. The average molecular weight is 348 g/mol. The Morgan fingerprint density at radius 2 is 2.14 bits per heavy atom. The highest BCUT2D eigenvalue weighted by Gasteiger charge is 2.28. The molecule has 2 rings (SSSR count). The largest absolute Gasteiger partial charge is 0.482 e. The van der Waals surface area contributed by atoms with Crippen LogP contribution in [0.1, 0.15) is 16.8 Å². The van der Waals surface area contributed by atoms with Gasteiger partial charge >= 0.3 is 5.97 Å². The lowest BCUT2D eigenvalue weighted by Gasteiger charge is -2.12. The summed E-state index contributed by atoms with van der Waals surface area (Å²) in [4.78, 5) is 22.5. The van der Waals surface area contributed by atoms with Gasteiger partial charge in [0.15, 0.2) is 16.4 Å². The van der Waals surface area contributed by atoms with Gasteiger partial charge in [-0.25, -0.2) is 13.2 Å². The van der Waals surface area contributed by atoms with E-state index in [0.29, 0.717) is 6.42 Å². The van der Waals surface area contributed by atoms with Crippen molar-refractivity contribution in [3.05, 3.63) is 28.8 Å². The highest BCUT2D eigenvalue weighted by Crippen LogP contribution is 2.25. The molecule has 1 atom stereocenters. The van der Waals surface area contributed by atoms with Gasteiger partial charge in [-0.1, -0.05) is 11.6 Å². The van der Waals surface area contributed by atoms with Gasteiger partial charge in [0.25, 0.3) is 5.91 Å². The van der Waals surface area contributed by atoms with E-state index in [1.165, 1.54) is 18.2 Å². The first-order chi connectivity index (χ1) is 10.3. The van der Waals surface area contributed by atoms with Gasteiger partial charge in [-0.05, 0) is 24.6 Å². The fourth-order valence-electron chi connectivity index (χ4n) is 2.07. The second kappa shape index (κ2) is 6.53. The third-order valence-corrected chi connectivity index (χ3v) is 5.20. The summed E-state index contributed by atoms with van der Waals surface area (Å²) in [6.07, 6.45) is 0.391. The third kappa shape index (κ3) is 4.35. The molecule has 120 valence electrons. The monoisotopic (exact) mass is 347 g/mol. The quantitative estimate of drug-likeness (QED) is 0.812. The van der Waals surface area contributed by atoms with Crippen LogP contribution in [0.2, 0.25) is 5.02 Å². The fourth-order valence-corrected chi connectivity index (χ4v) is 3.98. The molecule has 1 aromatic carbocycles. The Labute approximate surface area is 132 Å². The van der Waals surface area contributed by atoms with Crippen LogP contribution in [0, 0.1) is 0 Å². The molecule has 1 aliphatic heterocycles. The van der Waals surface area contributed by atoms with Crippen LogP contribution < -0.4 is 10.1 Å². The van der Waals surface area contributed by atoms with E-state index in [0.717, 1.165) is 0 Å². The number of amides is 1. The lowest BCUT2D eigenvalue weighted by Crippen LogP contribution is -2.38. The summed E-state index contributed by atoms with van der Waals surface area (Å²) in [6, 6.07) is 3.50. The van der Waals surface area contributed by atoms with Crippen LogP contribution in [-0.4, -0.2) is 49.6 Å². The highest BCUT2D eigenvalue weighted by atomic mass is 35.5. The van der Waals surface area contributed by atoms with E-state index in [9.17, 15) is 18.0 Å². The Kier molecular flexibility index (Phi) is 4.92. The summed E-state index contributed by atoms with van der Waals surface area (Å²) in [6.45, 7) is -0.331. The van der Waals surface area contributed by atoms with Gasteiger partial charge in [0.05, 0.1) is 22.1 Å². The number of nitrogens with one attached hydrogen (secondary N) is 1. The molecule has 1 fully saturated rings. The number of benzene rings is 1. The normalized spacial score (nSPS) is 19.6. The van der Waals surface area contributed by atoms with Gasteiger partial charge < -0.3 is 15.2 Å². The number of hydrogen-bond acceptors (Lipinski definition) is 5. The number of halogens is 1. The van der Waals surface area contributed by atoms with Gasteiger partial charge in [0, 0.05) is 6.04 Å². The zero-order chi connectivity index (χ0) is 16.3. The Balaban J connectivity index is 1.88. The van der Waals surface area contributed by atoms with Crippen molar-refractivity contribution in [1.29, 1.82) is 0 Å². The molecule has 7 nitrogen and oxygen atoms in total. The molecule has 0 aliphatic carbocycles.